The largest absolute Gasteiger partial charge is 0.494 e. The van der Waals surface area contributed by atoms with Crippen molar-refractivity contribution in [3.63, 3.8) is 0 Å². The minimum Gasteiger partial charge on any atom is -0.494 e. The Kier molecular flexibility index (Phi) is 4.27. The average molecular weight is 382 g/mol. The number of rotatable bonds is 5. The zero-order valence-electron chi connectivity index (χ0n) is 10.9. The molecule has 0 atom stereocenters. The number of imidazole rings is 1. The van der Waals surface area contributed by atoms with E-state index in [1.165, 1.54) is 0 Å². The molecule has 0 fully saturated rings. The summed E-state index contributed by atoms with van der Waals surface area (Å²) >= 11 is 0.0316. The van der Waals surface area contributed by atoms with Crippen molar-refractivity contribution >= 4 is 30.9 Å². The summed E-state index contributed by atoms with van der Waals surface area (Å²) in [7, 11) is 0. The van der Waals surface area contributed by atoms with Crippen LogP contribution in [0.3, 0.4) is 0 Å². The first-order valence-electron chi connectivity index (χ1n) is 6.41. The van der Waals surface area contributed by atoms with Crippen molar-refractivity contribution in [1.82, 2.24) is 9.55 Å². The Bertz CT molecular complexity index is 615. The fraction of sp³-hybridized carbons (Fsp3) is 0.200. The smallest absolute Gasteiger partial charge is 0.138 e. The zero-order valence-corrected chi connectivity index (χ0v) is 13.0. The van der Waals surface area contributed by atoms with E-state index in [0.29, 0.717) is 13.0 Å². The standard InChI is InChI=1S/C15H15IN2O2/c19-8-1-9-20-13-4-2-12(3-5-13)14-10-18-11-16-7-6-15(18)17-14/h2-7,10-11,19H,1,8-9H2. The lowest BCUT2D eigenvalue weighted by atomic mass is 10.2. The lowest BCUT2D eigenvalue weighted by molar-refractivity contribution is 0.233. The maximum atomic E-state index is 8.72. The van der Waals surface area contributed by atoms with Gasteiger partial charge < -0.3 is 14.4 Å². The quantitative estimate of drug-likeness (QED) is 0.639. The molecule has 1 aromatic carbocycles. The average Bonchev–Trinajstić information content (AvgIpc) is 2.92. The normalized spacial score (nSPS) is 12.8. The fourth-order valence-electron chi connectivity index (χ4n) is 1.91. The van der Waals surface area contributed by atoms with Gasteiger partial charge in [-0.05, 0) is 34.4 Å². The van der Waals surface area contributed by atoms with E-state index in [0.717, 1.165) is 22.8 Å². The van der Waals surface area contributed by atoms with Crippen LogP contribution in [0.5, 0.6) is 5.75 Å². The highest BCUT2D eigenvalue weighted by molar-refractivity contribution is 14.2. The van der Waals surface area contributed by atoms with E-state index < -0.39 is 0 Å². The van der Waals surface area contributed by atoms with E-state index >= 15 is 0 Å². The highest BCUT2D eigenvalue weighted by Gasteiger charge is 2.07. The molecule has 104 valence electrons. The predicted molar refractivity (Wildman–Crippen MR) is 89.4 cm³/mol. The van der Waals surface area contributed by atoms with E-state index in [4.69, 9.17) is 9.84 Å². The molecule has 5 heteroatoms. The summed E-state index contributed by atoms with van der Waals surface area (Å²) < 4.78 is 12.1. The number of aliphatic hydroxyl groups excluding tert-OH is 1. The van der Waals surface area contributed by atoms with E-state index in [9.17, 15) is 0 Å². The summed E-state index contributed by atoms with van der Waals surface area (Å²) in [5, 5.41) is 8.72. The van der Waals surface area contributed by atoms with Crippen LogP contribution < -0.4 is 4.74 Å². The maximum absolute atomic E-state index is 8.72. The Labute approximate surface area is 127 Å². The van der Waals surface area contributed by atoms with Gasteiger partial charge in [-0.25, -0.2) is 4.98 Å². The molecule has 0 amide bonds. The number of fused-ring (bicyclic) bond motifs is 1. The monoisotopic (exact) mass is 382 g/mol. The van der Waals surface area contributed by atoms with Gasteiger partial charge in [0.1, 0.15) is 11.6 Å². The molecule has 1 aliphatic heterocycles. The third-order valence-corrected chi connectivity index (χ3v) is 4.63. The van der Waals surface area contributed by atoms with Gasteiger partial charge in [-0.15, -0.1) is 0 Å². The van der Waals surface area contributed by atoms with Crippen LogP contribution in [0.4, 0.5) is 0 Å². The second-order valence-corrected chi connectivity index (χ2v) is 6.35. The number of ether oxygens (including phenoxy) is 1. The first-order valence-corrected chi connectivity index (χ1v) is 8.91. The van der Waals surface area contributed by atoms with E-state index in [2.05, 4.69) is 30.0 Å². The molecular weight excluding hydrogens is 367 g/mol. The minimum absolute atomic E-state index is 0.0316. The van der Waals surface area contributed by atoms with Crippen LogP contribution in [0.15, 0.2) is 34.5 Å². The summed E-state index contributed by atoms with van der Waals surface area (Å²) in [4.78, 5) is 4.61. The molecule has 0 spiro atoms. The van der Waals surface area contributed by atoms with E-state index in [-0.39, 0.29) is 27.3 Å². The molecule has 1 aliphatic rings. The number of aliphatic hydroxyl groups is 1. The van der Waals surface area contributed by atoms with Crippen LogP contribution in [0.25, 0.3) is 17.3 Å². The number of hydrogen-bond donors (Lipinski definition) is 1. The van der Waals surface area contributed by atoms with Crippen LogP contribution >= 0.6 is 20.7 Å². The molecule has 2 aromatic rings. The molecule has 1 aromatic heterocycles. The van der Waals surface area contributed by atoms with Gasteiger partial charge in [0.15, 0.2) is 0 Å². The molecule has 0 unspecified atom stereocenters. The zero-order chi connectivity index (χ0) is 13.8. The number of nitrogens with zero attached hydrogens (tertiary/aromatic N) is 2. The van der Waals surface area contributed by atoms with Crippen LogP contribution in [-0.4, -0.2) is 32.0 Å². The number of aromatic nitrogens is 2. The van der Waals surface area contributed by atoms with Gasteiger partial charge in [0, 0.05) is 28.9 Å². The summed E-state index contributed by atoms with van der Waals surface area (Å²) in [6.07, 6.45) is 4.81. The molecule has 2 heterocycles. The van der Waals surface area contributed by atoms with Crippen molar-refractivity contribution in [3.8, 4) is 17.0 Å². The Morgan fingerprint density at radius 2 is 2.10 bits per heavy atom. The summed E-state index contributed by atoms with van der Waals surface area (Å²) in [6, 6.07) is 7.91. The fourth-order valence-corrected chi connectivity index (χ4v) is 3.42. The summed E-state index contributed by atoms with van der Waals surface area (Å²) in [6.45, 7) is 0.697. The highest BCUT2D eigenvalue weighted by Crippen LogP contribution is 2.24. The molecule has 0 radical (unpaired) electrons. The van der Waals surface area contributed by atoms with Crippen LogP contribution in [-0.2, 0) is 0 Å². The first-order chi connectivity index (χ1) is 9.86. The van der Waals surface area contributed by atoms with E-state index in [1.807, 2.05) is 24.3 Å². The minimum atomic E-state index is 0.0316. The number of halogens is 1. The second-order valence-electron chi connectivity index (χ2n) is 4.36. The second kappa shape index (κ2) is 6.32. The molecule has 0 saturated heterocycles. The molecule has 4 nitrogen and oxygen atoms in total. The highest BCUT2D eigenvalue weighted by atomic mass is 127. The number of benzene rings is 1. The topological polar surface area (TPSA) is 47.3 Å². The van der Waals surface area contributed by atoms with Gasteiger partial charge in [0.2, 0.25) is 0 Å². The van der Waals surface area contributed by atoms with Crippen molar-refractivity contribution in [1.29, 1.82) is 0 Å². The van der Waals surface area contributed by atoms with Crippen molar-refractivity contribution in [2.75, 3.05) is 13.2 Å². The molecule has 0 bridgehead atoms. The molecule has 1 N–H and O–H groups in total. The molecule has 0 aliphatic carbocycles. The van der Waals surface area contributed by atoms with Crippen LogP contribution in [0.2, 0.25) is 0 Å². The van der Waals surface area contributed by atoms with Gasteiger partial charge in [-0.1, -0.05) is 20.7 Å². The van der Waals surface area contributed by atoms with E-state index in [1.54, 1.807) is 0 Å². The van der Waals surface area contributed by atoms with Gasteiger partial charge in [-0.3, -0.25) is 0 Å². The SMILES string of the molecule is OCCCOc1ccc(-c2cn3c(n2)C=CI=C3)cc1. The third-order valence-electron chi connectivity index (χ3n) is 2.93. The van der Waals surface area contributed by atoms with Gasteiger partial charge >= 0.3 is 0 Å². The molecular formula is C15H15IN2O2. The van der Waals surface area contributed by atoms with Gasteiger partial charge in [-0.2, -0.15) is 0 Å². The summed E-state index contributed by atoms with van der Waals surface area (Å²) in [5.41, 5.74) is 2.06. The van der Waals surface area contributed by atoms with Crippen molar-refractivity contribution < 1.29 is 9.84 Å². The Hall–Kier alpha value is -1.47. The number of hydrogen-bond acceptors (Lipinski definition) is 3. The Morgan fingerprint density at radius 1 is 1.25 bits per heavy atom. The molecule has 0 saturated carbocycles. The first kappa shape index (κ1) is 13.5. The summed E-state index contributed by atoms with van der Waals surface area (Å²) in [5.74, 6) is 1.82. The molecule has 20 heavy (non-hydrogen) atoms. The van der Waals surface area contributed by atoms with Crippen molar-refractivity contribution in [2.24, 2.45) is 0 Å². The van der Waals surface area contributed by atoms with Crippen LogP contribution in [0.1, 0.15) is 12.2 Å². The van der Waals surface area contributed by atoms with Crippen LogP contribution in [0, 0.1) is 0 Å². The molecule has 3 rings (SSSR count). The lowest BCUT2D eigenvalue weighted by Gasteiger charge is -2.05. The third kappa shape index (κ3) is 2.99. The van der Waals surface area contributed by atoms with Gasteiger partial charge in [0.25, 0.3) is 0 Å². The lowest BCUT2D eigenvalue weighted by Crippen LogP contribution is -1.99. The van der Waals surface area contributed by atoms with Crippen molar-refractivity contribution in [2.45, 2.75) is 6.42 Å². The maximum Gasteiger partial charge on any atom is 0.138 e. The Balaban J connectivity index is 1.76. The Morgan fingerprint density at radius 3 is 2.85 bits per heavy atom. The van der Waals surface area contributed by atoms with Gasteiger partial charge in [0.05, 0.1) is 12.3 Å². The predicted octanol–water partition coefficient (Wildman–Crippen LogP) is 2.87. The van der Waals surface area contributed by atoms with Crippen molar-refractivity contribution in [3.05, 3.63) is 40.4 Å².